The van der Waals surface area contributed by atoms with E-state index in [9.17, 15) is 0 Å². The fourth-order valence-electron chi connectivity index (χ4n) is 2.94. The molecule has 0 amide bonds. The number of nitriles is 1. The van der Waals surface area contributed by atoms with Gasteiger partial charge in [0.25, 0.3) is 0 Å². The number of thiophene rings is 1. The van der Waals surface area contributed by atoms with Gasteiger partial charge in [0.1, 0.15) is 15.7 Å². The van der Waals surface area contributed by atoms with Gasteiger partial charge in [-0.3, -0.25) is 0 Å². The van der Waals surface area contributed by atoms with E-state index in [0.29, 0.717) is 5.56 Å². The smallest absolute Gasteiger partial charge is 0.128 e. The molecular weight excluding hydrogens is 370 g/mol. The van der Waals surface area contributed by atoms with Crippen molar-refractivity contribution in [2.75, 3.05) is 0 Å². The second-order valence-corrected chi connectivity index (χ2v) is 8.19. The standard InChI is InChI=1S/C22H17N3S2/c1-14-6-8-18(9-7-14)19-13-27-22-20(19)21(24-15(2)25-22)26-12-17-5-3-4-16(10-17)11-23/h3-10,13H,12H2,1-2H3. The molecule has 0 saturated carbocycles. The molecule has 4 aromatic rings. The molecule has 4 rings (SSSR count). The molecular formula is C22H17N3S2. The van der Waals surface area contributed by atoms with Crippen molar-refractivity contribution < 1.29 is 0 Å². The number of rotatable bonds is 4. The summed E-state index contributed by atoms with van der Waals surface area (Å²) in [6.45, 7) is 4.03. The quantitative estimate of drug-likeness (QED) is 0.312. The summed E-state index contributed by atoms with van der Waals surface area (Å²) in [5.74, 6) is 1.55. The van der Waals surface area contributed by atoms with Crippen LogP contribution in [0.15, 0.2) is 58.9 Å². The van der Waals surface area contributed by atoms with Gasteiger partial charge in [-0.15, -0.1) is 23.1 Å². The largest absolute Gasteiger partial charge is 0.226 e. The molecule has 5 heteroatoms. The summed E-state index contributed by atoms with van der Waals surface area (Å²) in [6.07, 6.45) is 0. The van der Waals surface area contributed by atoms with Gasteiger partial charge in [-0.05, 0) is 37.1 Å². The summed E-state index contributed by atoms with van der Waals surface area (Å²) in [7, 11) is 0. The van der Waals surface area contributed by atoms with Crippen LogP contribution in [0.25, 0.3) is 21.3 Å². The second kappa shape index (κ2) is 7.51. The molecule has 2 heterocycles. The van der Waals surface area contributed by atoms with E-state index in [0.717, 1.165) is 32.4 Å². The Morgan fingerprint density at radius 1 is 1.07 bits per heavy atom. The van der Waals surface area contributed by atoms with Crippen molar-refractivity contribution in [3.05, 3.63) is 76.4 Å². The molecule has 0 unspecified atom stereocenters. The average Bonchev–Trinajstić information content (AvgIpc) is 3.10. The number of nitrogens with zero attached hydrogens (tertiary/aromatic N) is 3. The number of fused-ring (bicyclic) bond motifs is 1. The number of aryl methyl sites for hydroxylation is 2. The molecule has 2 aromatic carbocycles. The molecule has 27 heavy (non-hydrogen) atoms. The minimum Gasteiger partial charge on any atom is -0.226 e. The molecule has 132 valence electrons. The number of hydrogen-bond acceptors (Lipinski definition) is 5. The first-order chi connectivity index (χ1) is 13.1. The molecule has 2 aromatic heterocycles. The third kappa shape index (κ3) is 3.73. The van der Waals surface area contributed by atoms with E-state index in [2.05, 4.69) is 47.6 Å². The monoisotopic (exact) mass is 387 g/mol. The fourth-order valence-corrected chi connectivity index (χ4v) is 5.03. The molecule has 0 radical (unpaired) electrons. The highest BCUT2D eigenvalue weighted by Crippen LogP contribution is 2.39. The predicted octanol–water partition coefficient (Wildman–Crippen LogP) is 6.14. The van der Waals surface area contributed by atoms with Crippen LogP contribution in [-0.2, 0) is 5.75 Å². The highest BCUT2D eigenvalue weighted by molar-refractivity contribution is 7.98. The first-order valence-electron chi connectivity index (χ1n) is 8.59. The fraction of sp³-hybridized carbons (Fsp3) is 0.136. The molecule has 0 fully saturated rings. The van der Waals surface area contributed by atoms with Gasteiger partial charge in [-0.25, -0.2) is 9.97 Å². The lowest BCUT2D eigenvalue weighted by Crippen LogP contribution is -1.92. The normalized spacial score (nSPS) is 10.9. The third-order valence-electron chi connectivity index (χ3n) is 4.31. The van der Waals surface area contributed by atoms with Crippen LogP contribution in [0.3, 0.4) is 0 Å². The molecule has 0 atom stereocenters. The zero-order chi connectivity index (χ0) is 18.8. The van der Waals surface area contributed by atoms with Gasteiger partial charge in [0, 0.05) is 16.7 Å². The van der Waals surface area contributed by atoms with E-state index in [1.54, 1.807) is 23.1 Å². The van der Waals surface area contributed by atoms with Gasteiger partial charge in [-0.1, -0.05) is 42.0 Å². The zero-order valence-corrected chi connectivity index (χ0v) is 16.7. The number of benzene rings is 2. The van der Waals surface area contributed by atoms with Crippen molar-refractivity contribution in [1.82, 2.24) is 9.97 Å². The molecule has 0 aliphatic carbocycles. The maximum Gasteiger partial charge on any atom is 0.128 e. The first kappa shape index (κ1) is 17.7. The average molecular weight is 388 g/mol. The lowest BCUT2D eigenvalue weighted by molar-refractivity contribution is 1.02. The van der Waals surface area contributed by atoms with E-state index in [-0.39, 0.29) is 0 Å². The Morgan fingerprint density at radius 3 is 2.67 bits per heavy atom. The van der Waals surface area contributed by atoms with Crippen LogP contribution >= 0.6 is 23.1 Å². The summed E-state index contributed by atoms with van der Waals surface area (Å²) in [5, 5.41) is 13.4. The SMILES string of the molecule is Cc1ccc(-c2csc3nc(C)nc(SCc4cccc(C#N)c4)c23)cc1. The molecule has 0 spiro atoms. The van der Waals surface area contributed by atoms with Crippen molar-refractivity contribution in [3.63, 3.8) is 0 Å². The molecule has 0 saturated heterocycles. The predicted molar refractivity (Wildman–Crippen MR) is 113 cm³/mol. The molecule has 0 bridgehead atoms. The topological polar surface area (TPSA) is 49.6 Å². The van der Waals surface area contributed by atoms with Crippen LogP contribution in [0.1, 0.15) is 22.5 Å². The van der Waals surface area contributed by atoms with Gasteiger partial charge in [0.05, 0.1) is 17.0 Å². The van der Waals surface area contributed by atoms with E-state index >= 15 is 0 Å². The van der Waals surface area contributed by atoms with Crippen molar-refractivity contribution in [2.45, 2.75) is 24.6 Å². The first-order valence-corrected chi connectivity index (χ1v) is 10.5. The van der Waals surface area contributed by atoms with E-state index < -0.39 is 0 Å². The second-order valence-electron chi connectivity index (χ2n) is 6.37. The van der Waals surface area contributed by atoms with E-state index in [1.165, 1.54) is 16.7 Å². The number of thioether (sulfide) groups is 1. The van der Waals surface area contributed by atoms with Crippen molar-refractivity contribution in [3.8, 4) is 17.2 Å². The minimum atomic E-state index is 0.688. The number of hydrogen-bond donors (Lipinski definition) is 0. The Hall–Kier alpha value is -2.68. The van der Waals surface area contributed by atoms with Crippen LogP contribution in [-0.4, -0.2) is 9.97 Å². The van der Waals surface area contributed by atoms with Crippen molar-refractivity contribution in [1.29, 1.82) is 5.26 Å². The molecule has 0 aliphatic heterocycles. The molecule has 0 N–H and O–H groups in total. The summed E-state index contributed by atoms with van der Waals surface area (Å²) >= 11 is 3.36. The third-order valence-corrected chi connectivity index (χ3v) is 6.23. The van der Waals surface area contributed by atoms with Gasteiger partial charge >= 0.3 is 0 Å². The lowest BCUT2D eigenvalue weighted by Gasteiger charge is -2.07. The maximum absolute atomic E-state index is 9.10. The Labute approximate surface area is 166 Å². The summed E-state index contributed by atoms with van der Waals surface area (Å²) < 4.78 is 0. The Bertz CT molecular complexity index is 1150. The summed E-state index contributed by atoms with van der Waals surface area (Å²) in [5.41, 5.74) is 5.43. The number of aromatic nitrogens is 2. The highest BCUT2D eigenvalue weighted by atomic mass is 32.2. The Balaban J connectivity index is 1.74. The van der Waals surface area contributed by atoms with Gasteiger partial charge in [0.15, 0.2) is 0 Å². The molecule has 3 nitrogen and oxygen atoms in total. The van der Waals surface area contributed by atoms with Crippen molar-refractivity contribution >= 4 is 33.3 Å². The lowest BCUT2D eigenvalue weighted by atomic mass is 10.1. The van der Waals surface area contributed by atoms with Crippen LogP contribution in [0.2, 0.25) is 0 Å². The Morgan fingerprint density at radius 2 is 1.89 bits per heavy atom. The van der Waals surface area contributed by atoms with Crippen LogP contribution in [0.4, 0.5) is 0 Å². The van der Waals surface area contributed by atoms with Gasteiger partial charge in [0.2, 0.25) is 0 Å². The van der Waals surface area contributed by atoms with E-state index in [4.69, 9.17) is 10.2 Å². The maximum atomic E-state index is 9.10. The van der Waals surface area contributed by atoms with Gasteiger partial charge in [-0.2, -0.15) is 5.26 Å². The van der Waals surface area contributed by atoms with Crippen molar-refractivity contribution in [2.24, 2.45) is 0 Å². The zero-order valence-electron chi connectivity index (χ0n) is 15.1. The van der Waals surface area contributed by atoms with Crippen LogP contribution in [0, 0.1) is 25.2 Å². The van der Waals surface area contributed by atoms with Crippen LogP contribution < -0.4 is 0 Å². The minimum absolute atomic E-state index is 0.688. The molecule has 0 aliphatic rings. The Kier molecular flexibility index (Phi) is 4.93. The summed E-state index contributed by atoms with van der Waals surface area (Å²) in [4.78, 5) is 10.4. The van der Waals surface area contributed by atoms with E-state index in [1.807, 2.05) is 31.2 Å². The van der Waals surface area contributed by atoms with Crippen LogP contribution in [0.5, 0.6) is 0 Å². The highest BCUT2D eigenvalue weighted by Gasteiger charge is 2.15. The summed E-state index contributed by atoms with van der Waals surface area (Å²) in [6, 6.07) is 18.5. The van der Waals surface area contributed by atoms with Gasteiger partial charge < -0.3 is 0 Å².